The summed E-state index contributed by atoms with van der Waals surface area (Å²) in [6.45, 7) is 0. The number of nitrogens with one attached hydrogen (secondary N) is 3. The second-order valence-corrected chi connectivity index (χ2v) is 13.1. The number of nitrogens with zero attached hydrogens (tertiary/aromatic N) is 1. The van der Waals surface area contributed by atoms with Crippen molar-refractivity contribution in [3.05, 3.63) is 180 Å². The average molecular weight is 707 g/mol. The SMILES string of the molecule is Cn1cc(C[C@H](NC(=O)c2ccccc2)C(=O)NC(CCCC(=O)NC(c2ccccc2)(c2ccccc2)c2ccccc2)C(=O)O)c2ccccc21. The summed E-state index contributed by atoms with van der Waals surface area (Å²) in [4.78, 5) is 53.4. The lowest BCUT2D eigenvalue weighted by Gasteiger charge is -2.37. The molecule has 9 heteroatoms. The number of carboxylic acid groups (broad SMARTS) is 1. The van der Waals surface area contributed by atoms with Crippen LogP contribution < -0.4 is 16.0 Å². The van der Waals surface area contributed by atoms with E-state index in [4.69, 9.17) is 0 Å². The average Bonchev–Trinajstić information content (AvgIpc) is 3.51. The fourth-order valence-corrected chi connectivity index (χ4v) is 6.90. The molecule has 0 aliphatic carbocycles. The molecule has 6 rings (SSSR count). The Bertz CT molecular complexity index is 2070. The van der Waals surface area contributed by atoms with E-state index in [2.05, 4.69) is 16.0 Å². The number of aromatic nitrogens is 1. The van der Waals surface area contributed by atoms with Crippen molar-refractivity contribution in [2.75, 3.05) is 0 Å². The number of hydrogen-bond donors (Lipinski definition) is 4. The minimum Gasteiger partial charge on any atom is -0.480 e. The van der Waals surface area contributed by atoms with E-state index in [1.54, 1.807) is 30.3 Å². The highest BCUT2D eigenvalue weighted by molar-refractivity contribution is 5.98. The van der Waals surface area contributed by atoms with Gasteiger partial charge in [0.05, 0.1) is 0 Å². The smallest absolute Gasteiger partial charge is 0.326 e. The van der Waals surface area contributed by atoms with Gasteiger partial charge >= 0.3 is 5.97 Å². The summed E-state index contributed by atoms with van der Waals surface area (Å²) < 4.78 is 1.95. The van der Waals surface area contributed by atoms with Gasteiger partial charge in [-0.3, -0.25) is 14.4 Å². The van der Waals surface area contributed by atoms with E-state index in [-0.39, 0.29) is 31.6 Å². The summed E-state index contributed by atoms with van der Waals surface area (Å²) in [5.41, 5.74) is 3.78. The fraction of sp³-hybridized carbons (Fsp3) is 0.182. The number of carbonyl (C=O) groups is 4. The first kappa shape index (κ1) is 36.3. The largest absolute Gasteiger partial charge is 0.480 e. The van der Waals surface area contributed by atoms with Crippen molar-refractivity contribution in [1.82, 2.24) is 20.5 Å². The highest BCUT2D eigenvalue weighted by Gasteiger charge is 2.38. The quantitative estimate of drug-likeness (QED) is 0.0924. The van der Waals surface area contributed by atoms with Crippen LogP contribution in [0, 0.1) is 0 Å². The standard InChI is InChI=1S/C44H42N4O5/c1-48-30-32(36-25-14-15-27-39(36)48)29-38(46-41(50)31-17-6-2-7-18-31)42(51)45-37(43(52)53)26-16-28-40(49)47-44(33-19-8-3-9-20-33,34-21-10-4-11-22-34)35-23-12-5-13-24-35/h2-15,17-25,27,30,37-38H,16,26,28-29H2,1H3,(H,45,51)(H,46,50)(H,47,49)(H,52,53)/t37?,38-/m0/s1. The molecule has 0 saturated heterocycles. The molecular formula is C44H42N4O5. The van der Waals surface area contributed by atoms with Crippen LogP contribution in [0.3, 0.4) is 0 Å². The van der Waals surface area contributed by atoms with Crippen LogP contribution in [0.15, 0.2) is 152 Å². The van der Waals surface area contributed by atoms with Crippen LogP contribution in [0.2, 0.25) is 0 Å². The number of carbonyl (C=O) groups excluding carboxylic acids is 3. The van der Waals surface area contributed by atoms with Crippen LogP contribution in [0.5, 0.6) is 0 Å². The zero-order valence-electron chi connectivity index (χ0n) is 29.4. The van der Waals surface area contributed by atoms with Gasteiger partial charge in [-0.25, -0.2) is 4.79 Å². The van der Waals surface area contributed by atoms with Crippen LogP contribution in [-0.4, -0.2) is 45.4 Å². The number of fused-ring (bicyclic) bond motifs is 1. The van der Waals surface area contributed by atoms with E-state index < -0.39 is 35.4 Å². The van der Waals surface area contributed by atoms with E-state index in [1.165, 1.54) is 0 Å². The Morgan fingerprint density at radius 1 is 0.660 bits per heavy atom. The maximum absolute atomic E-state index is 13.9. The Hall–Kier alpha value is -6.48. The van der Waals surface area contributed by atoms with Gasteiger partial charge in [-0.15, -0.1) is 0 Å². The summed E-state index contributed by atoms with van der Waals surface area (Å²) >= 11 is 0. The molecule has 0 aliphatic heterocycles. The van der Waals surface area contributed by atoms with Crippen LogP contribution in [0.25, 0.3) is 10.9 Å². The van der Waals surface area contributed by atoms with Crippen LogP contribution >= 0.6 is 0 Å². The molecule has 3 amide bonds. The van der Waals surface area contributed by atoms with E-state index in [1.807, 2.05) is 133 Å². The van der Waals surface area contributed by atoms with Crippen molar-refractivity contribution in [2.24, 2.45) is 7.05 Å². The number of amides is 3. The first-order chi connectivity index (χ1) is 25.8. The number of benzene rings is 5. The maximum Gasteiger partial charge on any atom is 0.326 e. The molecule has 268 valence electrons. The summed E-state index contributed by atoms with van der Waals surface area (Å²) in [6, 6.07) is 43.1. The molecule has 9 nitrogen and oxygen atoms in total. The molecule has 0 bridgehead atoms. The lowest BCUT2D eigenvalue weighted by atomic mass is 9.77. The zero-order chi connectivity index (χ0) is 37.2. The first-order valence-corrected chi connectivity index (χ1v) is 17.7. The first-order valence-electron chi connectivity index (χ1n) is 17.7. The van der Waals surface area contributed by atoms with Crippen molar-refractivity contribution < 1.29 is 24.3 Å². The molecule has 5 aromatic carbocycles. The molecule has 4 N–H and O–H groups in total. The van der Waals surface area contributed by atoms with Gasteiger partial charge in [0.15, 0.2) is 0 Å². The van der Waals surface area contributed by atoms with Crippen molar-refractivity contribution in [3.63, 3.8) is 0 Å². The fourth-order valence-electron chi connectivity index (χ4n) is 6.90. The van der Waals surface area contributed by atoms with E-state index >= 15 is 0 Å². The molecule has 1 aromatic heterocycles. The van der Waals surface area contributed by atoms with E-state index in [0.717, 1.165) is 33.2 Å². The number of aryl methyl sites for hydroxylation is 1. The Labute approximate surface area is 308 Å². The molecule has 0 spiro atoms. The number of carboxylic acids is 1. The topological polar surface area (TPSA) is 130 Å². The summed E-state index contributed by atoms with van der Waals surface area (Å²) in [5, 5.41) is 19.9. The molecule has 1 unspecified atom stereocenters. The van der Waals surface area contributed by atoms with Crippen LogP contribution in [0.1, 0.15) is 51.9 Å². The van der Waals surface area contributed by atoms with Crippen LogP contribution in [0.4, 0.5) is 0 Å². The van der Waals surface area contributed by atoms with Gasteiger partial charge in [-0.05, 0) is 53.3 Å². The molecule has 0 fully saturated rings. The second-order valence-electron chi connectivity index (χ2n) is 13.1. The molecule has 1 heterocycles. The Morgan fingerprint density at radius 3 is 1.72 bits per heavy atom. The molecule has 2 atom stereocenters. The molecule has 0 saturated carbocycles. The molecule has 0 radical (unpaired) electrons. The van der Waals surface area contributed by atoms with Gasteiger partial charge in [-0.2, -0.15) is 0 Å². The van der Waals surface area contributed by atoms with Gasteiger partial charge in [0.2, 0.25) is 11.8 Å². The minimum atomic E-state index is -1.29. The lowest BCUT2D eigenvalue weighted by Crippen LogP contribution is -2.52. The van der Waals surface area contributed by atoms with Crippen molar-refractivity contribution >= 4 is 34.6 Å². The monoisotopic (exact) mass is 706 g/mol. The normalized spacial score (nSPS) is 12.4. The Balaban J connectivity index is 1.19. The van der Waals surface area contributed by atoms with Crippen LogP contribution in [-0.2, 0) is 33.4 Å². The second kappa shape index (κ2) is 16.7. The van der Waals surface area contributed by atoms with Gasteiger partial charge in [-0.1, -0.05) is 127 Å². The van der Waals surface area contributed by atoms with Gasteiger partial charge in [0.1, 0.15) is 17.6 Å². The van der Waals surface area contributed by atoms with E-state index in [9.17, 15) is 24.3 Å². The van der Waals surface area contributed by atoms with Gasteiger partial charge in [0, 0.05) is 42.6 Å². The van der Waals surface area contributed by atoms with Gasteiger partial charge < -0.3 is 25.6 Å². The van der Waals surface area contributed by atoms with E-state index in [0.29, 0.717) is 5.56 Å². The third kappa shape index (κ3) is 8.37. The summed E-state index contributed by atoms with van der Waals surface area (Å²) in [6.07, 6.45) is 2.24. The molecule has 53 heavy (non-hydrogen) atoms. The van der Waals surface area contributed by atoms with Crippen molar-refractivity contribution in [2.45, 2.75) is 43.3 Å². The highest BCUT2D eigenvalue weighted by Crippen LogP contribution is 2.37. The predicted molar refractivity (Wildman–Crippen MR) is 205 cm³/mol. The number of para-hydroxylation sites is 1. The Kier molecular flexibility index (Phi) is 11.4. The number of hydrogen-bond acceptors (Lipinski definition) is 4. The maximum atomic E-state index is 13.9. The summed E-state index contributed by atoms with van der Waals surface area (Å²) in [7, 11) is 1.91. The summed E-state index contributed by atoms with van der Waals surface area (Å²) in [5.74, 6) is -2.59. The predicted octanol–water partition coefficient (Wildman–Crippen LogP) is 6.37. The third-order valence-electron chi connectivity index (χ3n) is 9.52. The zero-order valence-corrected chi connectivity index (χ0v) is 29.4. The van der Waals surface area contributed by atoms with Gasteiger partial charge in [0.25, 0.3) is 5.91 Å². The molecular weight excluding hydrogens is 665 g/mol. The number of rotatable bonds is 15. The minimum absolute atomic E-state index is 0.00285. The lowest BCUT2D eigenvalue weighted by molar-refractivity contribution is -0.142. The third-order valence-corrected chi connectivity index (χ3v) is 9.52. The van der Waals surface area contributed by atoms with Crippen molar-refractivity contribution in [1.29, 1.82) is 0 Å². The molecule has 6 aromatic rings. The highest BCUT2D eigenvalue weighted by atomic mass is 16.4. The number of aliphatic carboxylic acids is 1. The molecule has 0 aliphatic rings. The Morgan fingerprint density at radius 2 is 1.17 bits per heavy atom. The van der Waals surface area contributed by atoms with Crippen molar-refractivity contribution in [3.8, 4) is 0 Å².